The molecule has 2 unspecified atom stereocenters. The predicted molar refractivity (Wildman–Crippen MR) is 87.8 cm³/mol. The number of carbonyl (C=O) groups is 1. The Balaban J connectivity index is 1.67. The zero-order valence-corrected chi connectivity index (χ0v) is 13.3. The molecule has 1 fully saturated rings. The van der Waals surface area contributed by atoms with Gasteiger partial charge in [-0.25, -0.2) is 0 Å². The number of hydrogen-bond donors (Lipinski definition) is 2. The van der Waals surface area contributed by atoms with E-state index < -0.39 is 0 Å². The van der Waals surface area contributed by atoms with Crippen LogP contribution in [-0.4, -0.2) is 49.6 Å². The van der Waals surface area contributed by atoms with E-state index in [4.69, 9.17) is 10.5 Å². The fourth-order valence-electron chi connectivity index (χ4n) is 3.03. The maximum Gasteiger partial charge on any atom is 0.234 e. The van der Waals surface area contributed by atoms with Gasteiger partial charge in [0, 0.05) is 12.6 Å². The van der Waals surface area contributed by atoms with Crippen molar-refractivity contribution < 1.29 is 9.53 Å². The molecule has 1 amide bonds. The average molecular weight is 305 g/mol. The van der Waals surface area contributed by atoms with E-state index in [1.807, 2.05) is 30.3 Å². The summed E-state index contributed by atoms with van der Waals surface area (Å²) in [5.41, 5.74) is 5.85. The first-order chi connectivity index (χ1) is 10.7. The van der Waals surface area contributed by atoms with Crippen molar-refractivity contribution >= 4 is 5.91 Å². The van der Waals surface area contributed by atoms with Crippen LogP contribution in [0.25, 0.3) is 0 Å². The standard InChI is InChI=1S/C17H27N3O2/c1-14-6-5-10-20(16(14)12-18)13-17(21)19-9-11-22-15-7-3-2-4-8-15/h2-4,7-8,14,16H,5-6,9-13,18H2,1H3,(H,19,21). The fraction of sp³-hybridized carbons (Fsp3) is 0.588. The van der Waals surface area contributed by atoms with Gasteiger partial charge in [0.25, 0.3) is 0 Å². The Morgan fingerprint density at radius 2 is 2.18 bits per heavy atom. The van der Waals surface area contributed by atoms with Gasteiger partial charge in [0.15, 0.2) is 0 Å². The van der Waals surface area contributed by atoms with Crippen molar-refractivity contribution in [1.29, 1.82) is 0 Å². The van der Waals surface area contributed by atoms with Crippen LogP contribution in [0.5, 0.6) is 5.75 Å². The molecule has 1 saturated heterocycles. The second-order valence-corrected chi connectivity index (χ2v) is 5.90. The minimum Gasteiger partial charge on any atom is -0.492 e. The monoisotopic (exact) mass is 305 g/mol. The van der Waals surface area contributed by atoms with Gasteiger partial charge in [0.05, 0.1) is 13.1 Å². The SMILES string of the molecule is CC1CCCN(CC(=O)NCCOc2ccccc2)C1CN. The summed E-state index contributed by atoms with van der Waals surface area (Å²) in [6, 6.07) is 9.94. The maximum atomic E-state index is 12.0. The summed E-state index contributed by atoms with van der Waals surface area (Å²) in [6.45, 7) is 5.22. The van der Waals surface area contributed by atoms with E-state index in [1.165, 1.54) is 6.42 Å². The van der Waals surface area contributed by atoms with Crippen molar-refractivity contribution in [2.45, 2.75) is 25.8 Å². The Labute approximate surface area is 132 Å². The number of nitrogens with zero attached hydrogens (tertiary/aromatic N) is 1. The fourth-order valence-corrected chi connectivity index (χ4v) is 3.03. The third-order valence-electron chi connectivity index (χ3n) is 4.26. The van der Waals surface area contributed by atoms with E-state index in [9.17, 15) is 4.79 Å². The van der Waals surface area contributed by atoms with Crippen molar-refractivity contribution in [2.24, 2.45) is 11.7 Å². The molecular formula is C17H27N3O2. The van der Waals surface area contributed by atoms with Crippen molar-refractivity contribution in [3.05, 3.63) is 30.3 Å². The van der Waals surface area contributed by atoms with E-state index in [0.717, 1.165) is 18.7 Å². The largest absolute Gasteiger partial charge is 0.492 e. The van der Waals surface area contributed by atoms with Crippen LogP contribution in [0.3, 0.4) is 0 Å². The van der Waals surface area contributed by atoms with Crippen molar-refractivity contribution in [3.8, 4) is 5.75 Å². The van der Waals surface area contributed by atoms with Gasteiger partial charge < -0.3 is 15.8 Å². The molecule has 0 radical (unpaired) electrons. The number of nitrogens with one attached hydrogen (secondary N) is 1. The highest BCUT2D eigenvalue weighted by Crippen LogP contribution is 2.21. The summed E-state index contributed by atoms with van der Waals surface area (Å²) in [5, 5.41) is 2.91. The van der Waals surface area contributed by atoms with Gasteiger partial charge in [0.2, 0.25) is 5.91 Å². The Kier molecular flexibility index (Phi) is 6.68. The van der Waals surface area contributed by atoms with Gasteiger partial charge in [-0.05, 0) is 37.4 Å². The van der Waals surface area contributed by atoms with E-state index in [0.29, 0.717) is 38.2 Å². The molecular weight excluding hydrogens is 278 g/mol. The molecule has 2 atom stereocenters. The zero-order valence-electron chi connectivity index (χ0n) is 13.3. The van der Waals surface area contributed by atoms with Crippen LogP contribution in [0.15, 0.2) is 30.3 Å². The van der Waals surface area contributed by atoms with Crippen molar-refractivity contribution in [2.75, 3.05) is 32.8 Å². The topological polar surface area (TPSA) is 67.6 Å². The van der Waals surface area contributed by atoms with Gasteiger partial charge >= 0.3 is 0 Å². The lowest BCUT2D eigenvalue weighted by Gasteiger charge is -2.38. The number of ether oxygens (including phenoxy) is 1. The highest BCUT2D eigenvalue weighted by molar-refractivity contribution is 5.78. The van der Waals surface area contributed by atoms with Crippen molar-refractivity contribution in [3.63, 3.8) is 0 Å². The number of carbonyl (C=O) groups excluding carboxylic acids is 1. The Morgan fingerprint density at radius 1 is 1.41 bits per heavy atom. The summed E-state index contributed by atoms with van der Waals surface area (Å²) >= 11 is 0. The number of benzene rings is 1. The third-order valence-corrected chi connectivity index (χ3v) is 4.26. The van der Waals surface area contributed by atoms with Gasteiger partial charge in [-0.1, -0.05) is 25.1 Å². The smallest absolute Gasteiger partial charge is 0.234 e. The first-order valence-corrected chi connectivity index (χ1v) is 8.09. The number of para-hydroxylation sites is 1. The molecule has 5 nitrogen and oxygen atoms in total. The number of amides is 1. The molecule has 22 heavy (non-hydrogen) atoms. The molecule has 3 N–H and O–H groups in total. The predicted octanol–water partition coefficient (Wildman–Crippen LogP) is 1.24. The lowest BCUT2D eigenvalue weighted by Crippen LogP contribution is -2.52. The van der Waals surface area contributed by atoms with Crippen LogP contribution in [0.1, 0.15) is 19.8 Å². The van der Waals surface area contributed by atoms with Crippen LogP contribution in [-0.2, 0) is 4.79 Å². The zero-order chi connectivity index (χ0) is 15.8. The van der Waals surface area contributed by atoms with E-state index in [2.05, 4.69) is 17.1 Å². The van der Waals surface area contributed by atoms with Gasteiger partial charge in [0.1, 0.15) is 12.4 Å². The molecule has 0 aromatic heterocycles. The first-order valence-electron chi connectivity index (χ1n) is 8.09. The highest BCUT2D eigenvalue weighted by atomic mass is 16.5. The summed E-state index contributed by atoms with van der Waals surface area (Å²) in [6.07, 6.45) is 2.34. The van der Waals surface area contributed by atoms with Crippen molar-refractivity contribution in [1.82, 2.24) is 10.2 Å². The lowest BCUT2D eigenvalue weighted by molar-refractivity contribution is -0.123. The number of nitrogens with two attached hydrogens (primary N) is 1. The quantitative estimate of drug-likeness (QED) is 0.744. The minimum atomic E-state index is 0.0456. The number of hydrogen-bond acceptors (Lipinski definition) is 4. The van der Waals surface area contributed by atoms with E-state index >= 15 is 0 Å². The number of likely N-dealkylation sites (tertiary alicyclic amines) is 1. The van der Waals surface area contributed by atoms with Crippen LogP contribution >= 0.6 is 0 Å². The van der Waals surface area contributed by atoms with Crippen LogP contribution in [0.4, 0.5) is 0 Å². The molecule has 0 aliphatic carbocycles. The molecule has 2 rings (SSSR count). The second-order valence-electron chi connectivity index (χ2n) is 5.90. The van der Waals surface area contributed by atoms with Crippen LogP contribution < -0.4 is 15.8 Å². The Morgan fingerprint density at radius 3 is 2.91 bits per heavy atom. The lowest BCUT2D eigenvalue weighted by atomic mass is 9.91. The Bertz CT molecular complexity index is 452. The summed E-state index contributed by atoms with van der Waals surface area (Å²) < 4.78 is 5.56. The molecule has 0 spiro atoms. The molecule has 1 aliphatic rings. The van der Waals surface area contributed by atoms with Crippen LogP contribution in [0.2, 0.25) is 0 Å². The van der Waals surface area contributed by atoms with Gasteiger partial charge in [-0.15, -0.1) is 0 Å². The first kappa shape index (κ1) is 16.8. The third kappa shape index (κ3) is 5.00. The summed E-state index contributed by atoms with van der Waals surface area (Å²) in [4.78, 5) is 14.3. The summed E-state index contributed by atoms with van der Waals surface area (Å²) in [7, 11) is 0. The number of piperidine rings is 1. The maximum absolute atomic E-state index is 12.0. The normalized spacial score (nSPS) is 22.3. The molecule has 1 aromatic carbocycles. The van der Waals surface area contributed by atoms with Gasteiger partial charge in [-0.2, -0.15) is 0 Å². The average Bonchev–Trinajstić information content (AvgIpc) is 2.53. The molecule has 5 heteroatoms. The molecule has 1 aromatic rings. The second kappa shape index (κ2) is 8.76. The molecule has 122 valence electrons. The van der Waals surface area contributed by atoms with E-state index in [-0.39, 0.29) is 5.91 Å². The minimum absolute atomic E-state index is 0.0456. The highest BCUT2D eigenvalue weighted by Gasteiger charge is 2.28. The molecule has 1 heterocycles. The van der Waals surface area contributed by atoms with Crippen LogP contribution in [0, 0.1) is 5.92 Å². The molecule has 0 bridgehead atoms. The van der Waals surface area contributed by atoms with E-state index in [1.54, 1.807) is 0 Å². The number of rotatable bonds is 7. The summed E-state index contributed by atoms with van der Waals surface area (Å²) in [5.74, 6) is 1.43. The molecule has 0 saturated carbocycles. The van der Waals surface area contributed by atoms with Gasteiger partial charge in [-0.3, -0.25) is 9.69 Å². The molecule has 1 aliphatic heterocycles. The Hall–Kier alpha value is -1.59.